The average molecular weight is 412 g/mol. The molecular formula is C24H26F2N2O2. The van der Waals surface area contributed by atoms with Gasteiger partial charge in [0, 0.05) is 17.7 Å². The number of amides is 2. The number of benzene rings is 2. The number of halogens is 2. The Morgan fingerprint density at radius 2 is 1.70 bits per heavy atom. The van der Waals surface area contributed by atoms with E-state index in [-0.39, 0.29) is 18.4 Å². The molecule has 6 heteroatoms. The van der Waals surface area contributed by atoms with Crippen LogP contribution in [0.25, 0.3) is 0 Å². The molecule has 4 rings (SSSR count). The zero-order chi connectivity index (χ0) is 21.1. The van der Waals surface area contributed by atoms with Crippen molar-refractivity contribution in [1.29, 1.82) is 0 Å². The van der Waals surface area contributed by atoms with Crippen LogP contribution in [0, 0.1) is 17.6 Å². The molecular weight excluding hydrogens is 386 g/mol. The second kappa shape index (κ2) is 8.94. The first-order valence-corrected chi connectivity index (χ1v) is 10.7. The van der Waals surface area contributed by atoms with Gasteiger partial charge >= 0.3 is 0 Å². The number of nitrogens with one attached hydrogen (secondary N) is 1. The molecule has 0 saturated heterocycles. The highest BCUT2D eigenvalue weighted by molar-refractivity contribution is 5.97. The van der Waals surface area contributed by atoms with Crippen molar-refractivity contribution in [3.05, 3.63) is 65.2 Å². The number of anilines is 1. The Morgan fingerprint density at radius 1 is 1.00 bits per heavy atom. The number of nitrogens with zero attached hydrogens (tertiary/aromatic N) is 1. The molecule has 0 unspecified atom stereocenters. The Balaban J connectivity index is 1.67. The summed E-state index contributed by atoms with van der Waals surface area (Å²) in [6.45, 7) is -0.123. The maximum absolute atomic E-state index is 14.1. The molecule has 0 radical (unpaired) electrons. The fraction of sp³-hybridized carbons (Fsp3) is 0.417. The molecule has 0 bridgehead atoms. The van der Waals surface area contributed by atoms with Crippen LogP contribution < -0.4 is 5.32 Å². The lowest BCUT2D eigenvalue weighted by Crippen LogP contribution is -2.39. The largest absolute Gasteiger partial charge is 0.324 e. The minimum absolute atomic E-state index is 0.123. The van der Waals surface area contributed by atoms with Crippen molar-refractivity contribution < 1.29 is 18.4 Å². The molecule has 1 saturated carbocycles. The predicted octanol–water partition coefficient (Wildman–Crippen LogP) is 5.20. The molecule has 2 aromatic carbocycles. The minimum Gasteiger partial charge on any atom is -0.324 e. The lowest BCUT2D eigenvalue weighted by molar-refractivity contribution is -0.136. The summed E-state index contributed by atoms with van der Waals surface area (Å²) in [4.78, 5) is 27.3. The molecule has 2 aromatic rings. The Bertz CT molecular complexity index is 923. The van der Waals surface area contributed by atoms with Gasteiger partial charge in [0.25, 0.3) is 0 Å². The van der Waals surface area contributed by atoms with Gasteiger partial charge in [0.05, 0.1) is 6.04 Å². The molecule has 158 valence electrons. The normalized spacial score (nSPS) is 19.7. The van der Waals surface area contributed by atoms with Gasteiger partial charge in [-0.05, 0) is 48.2 Å². The van der Waals surface area contributed by atoms with Crippen LogP contribution in [0.1, 0.15) is 62.1 Å². The first-order valence-electron chi connectivity index (χ1n) is 10.7. The third kappa shape index (κ3) is 4.53. The lowest BCUT2D eigenvalue weighted by Gasteiger charge is -2.31. The van der Waals surface area contributed by atoms with E-state index in [9.17, 15) is 18.4 Å². The van der Waals surface area contributed by atoms with E-state index in [0.717, 1.165) is 19.3 Å². The van der Waals surface area contributed by atoms with Crippen molar-refractivity contribution in [3.63, 3.8) is 0 Å². The summed E-state index contributed by atoms with van der Waals surface area (Å²) >= 11 is 0. The Labute approximate surface area is 175 Å². The topological polar surface area (TPSA) is 49.4 Å². The second-order valence-corrected chi connectivity index (χ2v) is 8.30. The summed E-state index contributed by atoms with van der Waals surface area (Å²) in [5, 5.41) is 2.78. The summed E-state index contributed by atoms with van der Waals surface area (Å²) in [6, 6.07) is 9.29. The first-order chi connectivity index (χ1) is 14.5. The van der Waals surface area contributed by atoms with Gasteiger partial charge in [0.1, 0.15) is 18.2 Å². The fourth-order valence-corrected chi connectivity index (χ4v) is 4.66. The van der Waals surface area contributed by atoms with Crippen LogP contribution in [-0.2, 0) is 9.59 Å². The van der Waals surface area contributed by atoms with Crippen LogP contribution in [0.15, 0.2) is 42.5 Å². The molecule has 1 heterocycles. The highest BCUT2D eigenvalue weighted by Crippen LogP contribution is 2.37. The lowest BCUT2D eigenvalue weighted by atomic mass is 9.86. The maximum Gasteiger partial charge on any atom is 0.244 e. The van der Waals surface area contributed by atoms with Crippen LogP contribution in [0.3, 0.4) is 0 Å². The quantitative estimate of drug-likeness (QED) is 0.751. The van der Waals surface area contributed by atoms with Gasteiger partial charge < -0.3 is 10.2 Å². The van der Waals surface area contributed by atoms with E-state index in [1.54, 1.807) is 12.1 Å². The van der Waals surface area contributed by atoms with Crippen molar-refractivity contribution in [2.45, 2.75) is 51.0 Å². The van der Waals surface area contributed by atoms with Crippen molar-refractivity contribution >= 4 is 17.5 Å². The van der Waals surface area contributed by atoms with Crippen molar-refractivity contribution in [2.75, 3.05) is 11.9 Å². The van der Waals surface area contributed by atoms with Gasteiger partial charge in [-0.1, -0.05) is 44.2 Å². The van der Waals surface area contributed by atoms with E-state index in [1.807, 2.05) is 0 Å². The highest BCUT2D eigenvalue weighted by Gasteiger charge is 2.33. The molecule has 1 fully saturated rings. The number of carbonyl (C=O) groups excluding carboxylic acids is 2. The SMILES string of the molecule is O=C1CN(C(=O)CCC2CCCCC2)[C@H](c2ccc(F)cc2)c2cc(F)ccc2N1. The molecule has 2 amide bonds. The monoisotopic (exact) mass is 412 g/mol. The Morgan fingerprint density at radius 3 is 2.43 bits per heavy atom. The maximum atomic E-state index is 14.1. The van der Waals surface area contributed by atoms with Gasteiger partial charge in [-0.3, -0.25) is 9.59 Å². The van der Waals surface area contributed by atoms with Crippen LogP contribution in [0.5, 0.6) is 0 Å². The number of hydrogen-bond acceptors (Lipinski definition) is 2. The summed E-state index contributed by atoms with van der Waals surface area (Å²) in [5.74, 6) is -0.763. The summed E-state index contributed by atoms with van der Waals surface area (Å²) in [5.41, 5.74) is 1.61. The van der Waals surface area contributed by atoms with Crippen LogP contribution >= 0.6 is 0 Å². The second-order valence-electron chi connectivity index (χ2n) is 8.30. The van der Waals surface area contributed by atoms with Gasteiger partial charge in [-0.2, -0.15) is 0 Å². The first kappa shape index (κ1) is 20.5. The molecule has 1 atom stereocenters. The van der Waals surface area contributed by atoms with Gasteiger partial charge in [-0.25, -0.2) is 8.78 Å². The van der Waals surface area contributed by atoms with E-state index in [4.69, 9.17) is 0 Å². The van der Waals surface area contributed by atoms with Gasteiger partial charge in [-0.15, -0.1) is 0 Å². The third-order valence-corrected chi connectivity index (χ3v) is 6.21. The van der Waals surface area contributed by atoms with Crippen molar-refractivity contribution in [3.8, 4) is 0 Å². The zero-order valence-electron chi connectivity index (χ0n) is 16.9. The standard InChI is InChI=1S/C24H26F2N2O2/c25-18-9-7-17(8-10-18)24-20-14-19(26)11-12-21(20)27-22(29)15-28(24)23(30)13-6-16-4-2-1-3-5-16/h7-12,14,16,24H,1-6,13,15H2,(H,27,29)/t24-/m1/s1. The van der Waals surface area contributed by atoms with Crippen LogP contribution in [0.2, 0.25) is 0 Å². The van der Waals surface area contributed by atoms with Gasteiger partial charge in [0.2, 0.25) is 11.8 Å². The summed E-state index contributed by atoms with van der Waals surface area (Å²) < 4.78 is 27.7. The van der Waals surface area contributed by atoms with E-state index >= 15 is 0 Å². The molecule has 30 heavy (non-hydrogen) atoms. The van der Waals surface area contributed by atoms with Crippen LogP contribution in [-0.4, -0.2) is 23.3 Å². The fourth-order valence-electron chi connectivity index (χ4n) is 4.66. The number of hydrogen-bond donors (Lipinski definition) is 1. The smallest absolute Gasteiger partial charge is 0.244 e. The molecule has 4 nitrogen and oxygen atoms in total. The number of fused-ring (bicyclic) bond motifs is 1. The predicted molar refractivity (Wildman–Crippen MR) is 111 cm³/mol. The van der Waals surface area contributed by atoms with Crippen molar-refractivity contribution in [2.24, 2.45) is 5.92 Å². The molecule has 0 aromatic heterocycles. The third-order valence-electron chi connectivity index (χ3n) is 6.21. The van der Waals surface area contributed by atoms with Gasteiger partial charge in [0.15, 0.2) is 0 Å². The number of rotatable bonds is 4. The van der Waals surface area contributed by atoms with E-state index in [0.29, 0.717) is 29.2 Å². The van der Waals surface area contributed by atoms with Crippen LogP contribution in [0.4, 0.5) is 14.5 Å². The average Bonchev–Trinajstić information content (AvgIpc) is 2.89. The molecule has 0 spiro atoms. The zero-order valence-corrected chi connectivity index (χ0v) is 16.9. The molecule has 2 aliphatic rings. The minimum atomic E-state index is -0.658. The van der Waals surface area contributed by atoms with Crippen molar-refractivity contribution in [1.82, 2.24) is 4.90 Å². The Hall–Kier alpha value is -2.76. The van der Waals surface area contributed by atoms with E-state index < -0.39 is 17.7 Å². The highest BCUT2D eigenvalue weighted by atomic mass is 19.1. The summed E-state index contributed by atoms with van der Waals surface area (Å²) in [7, 11) is 0. The molecule has 1 aliphatic heterocycles. The van der Waals surface area contributed by atoms with E-state index in [2.05, 4.69) is 5.32 Å². The number of carbonyl (C=O) groups is 2. The molecule has 1 aliphatic carbocycles. The molecule has 1 N–H and O–H groups in total. The Kier molecular flexibility index (Phi) is 6.11. The summed E-state index contributed by atoms with van der Waals surface area (Å²) in [6.07, 6.45) is 7.09. The van der Waals surface area contributed by atoms with E-state index in [1.165, 1.54) is 54.5 Å².